The van der Waals surface area contributed by atoms with Crippen molar-refractivity contribution in [3.63, 3.8) is 0 Å². The zero-order valence-electron chi connectivity index (χ0n) is 26.4. The lowest BCUT2D eigenvalue weighted by Gasteiger charge is -2.24. The summed E-state index contributed by atoms with van der Waals surface area (Å²) in [5.74, 6) is 0.702. The molecule has 4 heteroatoms. The van der Waals surface area contributed by atoms with Gasteiger partial charge in [0.15, 0.2) is 5.84 Å². The van der Waals surface area contributed by atoms with Crippen LogP contribution in [0.15, 0.2) is 178 Å². The van der Waals surface area contributed by atoms with Gasteiger partial charge >= 0.3 is 0 Å². The molecule has 49 heavy (non-hydrogen) atoms. The first-order valence-corrected chi connectivity index (χ1v) is 17.3. The van der Waals surface area contributed by atoms with Crippen molar-refractivity contribution in [2.75, 3.05) is 0 Å². The first-order chi connectivity index (χ1) is 24.2. The molecule has 0 radical (unpaired) electrons. The molecule has 1 unspecified atom stereocenters. The van der Waals surface area contributed by atoms with Gasteiger partial charge in [-0.05, 0) is 51.7 Å². The van der Waals surface area contributed by atoms with Gasteiger partial charge in [-0.25, -0.2) is 4.99 Å². The molecule has 0 saturated heterocycles. The molecule has 0 fully saturated rings. The van der Waals surface area contributed by atoms with E-state index in [0.29, 0.717) is 5.84 Å². The molecule has 1 aliphatic rings. The Bertz CT molecular complexity index is 2840. The van der Waals surface area contributed by atoms with E-state index in [1.165, 1.54) is 42.1 Å². The topological polar surface area (TPSA) is 37.9 Å². The Labute approximate surface area is 286 Å². The van der Waals surface area contributed by atoms with E-state index >= 15 is 0 Å². The SMILES string of the molecule is C=C1C(c2ccc3c(c2)oc2ccccc23)=NC(c2ccc3c(c2)sc2c4ccccc4ccc32)=NC1c1ccc(-c2ccccc2)cc1. The van der Waals surface area contributed by atoms with Crippen molar-refractivity contribution >= 4 is 75.8 Å². The van der Waals surface area contributed by atoms with E-state index in [0.717, 1.165) is 49.9 Å². The van der Waals surface area contributed by atoms with Crippen molar-refractivity contribution in [2.45, 2.75) is 6.04 Å². The summed E-state index contributed by atoms with van der Waals surface area (Å²) in [6, 6.07) is 53.1. The van der Waals surface area contributed by atoms with Crippen LogP contribution >= 0.6 is 11.3 Å². The molecule has 1 aliphatic heterocycles. The van der Waals surface area contributed by atoms with E-state index in [4.69, 9.17) is 14.4 Å². The van der Waals surface area contributed by atoms with Crippen LogP contribution in [0, 0.1) is 0 Å². The third kappa shape index (κ3) is 4.56. The first kappa shape index (κ1) is 28.0. The molecule has 0 spiro atoms. The Morgan fingerprint density at radius 1 is 0.531 bits per heavy atom. The Morgan fingerprint density at radius 3 is 2.08 bits per heavy atom. The minimum absolute atomic E-state index is 0.291. The number of hydrogen-bond acceptors (Lipinski definition) is 4. The monoisotopic (exact) mass is 644 g/mol. The minimum Gasteiger partial charge on any atom is -0.456 e. The molecule has 9 aromatic rings. The number of hydrogen-bond donors (Lipinski definition) is 0. The predicted molar refractivity (Wildman–Crippen MR) is 207 cm³/mol. The summed E-state index contributed by atoms with van der Waals surface area (Å²) in [6.07, 6.45) is 0. The maximum atomic E-state index is 6.29. The molecule has 1 atom stereocenters. The molecule has 0 bridgehead atoms. The standard InChI is InChI=1S/C45H28N2OS/c1-27-42(31-17-15-29(16-18-31)28-9-3-2-4-10-28)46-45(47-43(27)32-20-22-36-35-13-7-8-14-39(35)48-40(36)25-32)33-21-23-37-38-24-19-30-11-5-6-12-34(30)44(38)49-41(37)26-33/h2-26,42H,1H2. The van der Waals surface area contributed by atoms with Gasteiger partial charge in [-0.2, -0.15) is 0 Å². The minimum atomic E-state index is -0.291. The number of fused-ring (bicyclic) bond motifs is 8. The summed E-state index contributed by atoms with van der Waals surface area (Å²) in [6.45, 7) is 4.60. The molecule has 0 amide bonds. The first-order valence-electron chi connectivity index (χ1n) is 16.4. The van der Waals surface area contributed by atoms with E-state index in [1.54, 1.807) is 0 Å². The van der Waals surface area contributed by atoms with Gasteiger partial charge in [-0.3, -0.25) is 4.99 Å². The zero-order valence-corrected chi connectivity index (χ0v) is 27.2. The molecule has 3 heterocycles. The highest BCUT2D eigenvalue weighted by atomic mass is 32.1. The van der Waals surface area contributed by atoms with Crippen LogP contribution in [0.1, 0.15) is 22.7 Å². The normalized spacial score (nSPS) is 15.0. The van der Waals surface area contributed by atoms with Gasteiger partial charge in [0.25, 0.3) is 0 Å². The van der Waals surface area contributed by atoms with Crippen molar-refractivity contribution in [1.29, 1.82) is 0 Å². The van der Waals surface area contributed by atoms with Crippen molar-refractivity contribution in [3.8, 4) is 11.1 Å². The Hall–Kier alpha value is -6.10. The fourth-order valence-corrected chi connectivity index (χ4v) is 8.48. The van der Waals surface area contributed by atoms with Gasteiger partial charge in [-0.15, -0.1) is 11.3 Å². The second kappa shape index (κ2) is 11.0. The Kier molecular flexibility index (Phi) is 6.27. The van der Waals surface area contributed by atoms with Crippen LogP contribution in [0.2, 0.25) is 0 Å². The number of benzene rings is 7. The van der Waals surface area contributed by atoms with Gasteiger partial charge in [0.05, 0.1) is 5.71 Å². The fraction of sp³-hybridized carbons (Fsp3) is 0.0222. The number of thiophene rings is 1. The largest absolute Gasteiger partial charge is 0.456 e. The van der Waals surface area contributed by atoms with Crippen LogP contribution in [0.3, 0.4) is 0 Å². The van der Waals surface area contributed by atoms with Crippen molar-refractivity contribution in [2.24, 2.45) is 9.98 Å². The van der Waals surface area contributed by atoms with Crippen molar-refractivity contribution in [1.82, 2.24) is 0 Å². The van der Waals surface area contributed by atoms with Crippen LogP contribution in [-0.2, 0) is 0 Å². The zero-order chi connectivity index (χ0) is 32.5. The van der Waals surface area contributed by atoms with Crippen LogP contribution < -0.4 is 0 Å². The maximum Gasteiger partial charge on any atom is 0.156 e. The van der Waals surface area contributed by atoms with Crippen molar-refractivity contribution in [3.05, 3.63) is 181 Å². The van der Waals surface area contributed by atoms with E-state index in [1.807, 2.05) is 35.6 Å². The lowest BCUT2D eigenvalue weighted by molar-refractivity contribution is 0.669. The third-order valence-electron chi connectivity index (χ3n) is 9.71. The average Bonchev–Trinajstić information content (AvgIpc) is 3.73. The lowest BCUT2D eigenvalue weighted by atomic mass is 9.90. The third-order valence-corrected chi connectivity index (χ3v) is 10.9. The number of furan rings is 1. The highest BCUT2D eigenvalue weighted by Gasteiger charge is 2.27. The second-order valence-electron chi connectivity index (χ2n) is 12.6. The number of para-hydroxylation sites is 1. The Morgan fingerprint density at radius 2 is 1.20 bits per heavy atom. The highest BCUT2D eigenvalue weighted by Crippen LogP contribution is 2.40. The van der Waals surface area contributed by atoms with E-state index in [-0.39, 0.29) is 6.04 Å². The van der Waals surface area contributed by atoms with Crippen molar-refractivity contribution < 1.29 is 4.42 Å². The van der Waals surface area contributed by atoms with Gasteiger partial charge in [0.1, 0.15) is 17.2 Å². The lowest BCUT2D eigenvalue weighted by Crippen LogP contribution is -2.20. The number of amidine groups is 1. The molecule has 0 N–H and O–H groups in total. The summed E-state index contributed by atoms with van der Waals surface area (Å²) < 4.78 is 8.82. The summed E-state index contributed by atoms with van der Waals surface area (Å²) in [5.41, 5.74) is 8.78. The predicted octanol–water partition coefficient (Wildman–Crippen LogP) is 12.3. The number of aliphatic imine (C=N–C) groups is 2. The van der Waals surface area contributed by atoms with Gasteiger partial charge < -0.3 is 4.42 Å². The molecule has 2 aromatic heterocycles. The fourth-order valence-electron chi connectivity index (χ4n) is 7.21. The van der Waals surface area contributed by atoms with E-state index in [9.17, 15) is 0 Å². The molecule has 230 valence electrons. The summed E-state index contributed by atoms with van der Waals surface area (Å²) >= 11 is 1.83. The maximum absolute atomic E-state index is 6.29. The molecule has 10 rings (SSSR count). The summed E-state index contributed by atoms with van der Waals surface area (Å²) in [5, 5.41) is 7.28. The van der Waals surface area contributed by atoms with E-state index in [2.05, 4.69) is 134 Å². The molecular formula is C45H28N2OS. The molecule has 3 nitrogen and oxygen atoms in total. The van der Waals surface area contributed by atoms with Gasteiger partial charge in [-0.1, -0.05) is 134 Å². The quantitative estimate of drug-likeness (QED) is 0.188. The number of nitrogens with zero attached hydrogens (tertiary/aromatic N) is 2. The summed E-state index contributed by atoms with van der Waals surface area (Å²) in [4.78, 5) is 10.5. The van der Waals surface area contributed by atoms with Crippen LogP contribution in [0.4, 0.5) is 0 Å². The van der Waals surface area contributed by atoms with Gasteiger partial charge in [0.2, 0.25) is 0 Å². The molecule has 0 aliphatic carbocycles. The van der Waals surface area contributed by atoms with Gasteiger partial charge in [0, 0.05) is 47.6 Å². The average molecular weight is 645 g/mol. The molecule has 0 saturated carbocycles. The second-order valence-corrected chi connectivity index (χ2v) is 13.7. The highest BCUT2D eigenvalue weighted by molar-refractivity contribution is 7.26. The number of rotatable bonds is 4. The summed E-state index contributed by atoms with van der Waals surface area (Å²) in [7, 11) is 0. The van der Waals surface area contributed by atoms with Crippen LogP contribution in [0.25, 0.3) is 64.0 Å². The Balaban J connectivity index is 1.12. The smallest absolute Gasteiger partial charge is 0.156 e. The van der Waals surface area contributed by atoms with E-state index < -0.39 is 0 Å². The van der Waals surface area contributed by atoms with Crippen LogP contribution in [-0.4, -0.2) is 11.5 Å². The van der Waals surface area contributed by atoms with Crippen LogP contribution in [0.5, 0.6) is 0 Å². The molecular weight excluding hydrogens is 617 g/mol. The molecule has 7 aromatic carbocycles.